The van der Waals surface area contributed by atoms with E-state index in [-0.39, 0.29) is 22.8 Å². The Morgan fingerprint density at radius 2 is 1.88 bits per heavy atom. The summed E-state index contributed by atoms with van der Waals surface area (Å²) in [6.07, 6.45) is 4.22. The number of anilines is 1. The van der Waals surface area contributed by atoms with Crippen LogP contribution in [0.2, 0.25) is 0 Å². The number of aryl methyl sites for hydroxylation is 1. The number of carboxylic acid groups (broad SMARTS) is 1. The van der Waals surface area contributed by atoms with Gasteiger partial charge in [-0.3, -0.25) is 4.98 Å². The summed E-state index contributed by atoms with van der Waals surface area (Å²) in [6.45, 7) is 1.54. The van der Waals surface area contributed by atoms with E-state index in [1.807, 2.05) is 0 Å². The Balaban J connectivity index is 0.00000158. The van der Waals surface area contributed by atoms with Crippen molar-refractivity contribution in [1.29, 1.82) is 0 Å². The van der Waals surface area contributed by atoms with E-state index >= 15 is 0 Å². The van der Waals surface area contributed by atoms with Gasteiger partial charge < -0.3 is 15.1 Å². The number of nitrogens with zero attached hydrogens (tertiary/aromatic N) is 5. The molecule has 0 aliphatic rings. The Labute approximate surface area is 194 Å². The van der Waals surface area contributed by atoms with Gasteiger partial charge in [-0.05, 0) is 42.8 Å². The molecule has 3 heterocycles. The first-order valence-electron chi connectivity index (χ1n) is 9.71. The molecule has 4 N–H and O–H groups in total. The lowest BCUT2D eigenvalue weighted by atomic mass is 10.2. The zero-order valence-corrected chi connectivity index (χ0v) is 19.0. The molecule has 0 aliphatic carbocycles. The lowest BCUT2D eigenvalue weighted by Crippen LogP contribution is -2.34. The molecule has 0 spiro atoms. The number of benzene rings is 1. The summed E-state index contributed by atoms with van der Waals surface area (Å²) in [4.78, 5) is 20.2. The zero-order valence-electron chi connectivity index (χ0n) is 18.2. The van der Waals surface area contributed by atoms with Crippen molar-refractivity contribution in [3.8, 4) is 5.75 Å². The molecule has 4 rings (SSSR count). The second-order valence-corrected chi connectivity index (χ2v) is 8.77. The van der Waals surface area contributed by atoms with E-state index in [0.29, 0.717) is 22.7 Å². The molecule has 0 saturated carbocycles. The van der Waals surface area contributed by atoms with Crippen LogP contribution in [0.1, 0.15) is 21.6 Å². The van der Waals surface area contributed by atoms with Crippen molar-refractivity contribution in [2.45, 2.75) is 18.4 Å². The second kappa shape index (κ2) is 10.2. The van der Waals surface area contributed by atoms with Crippen LogP contribution in [0.15, 0.2) is 66.0 Å². The Morgan fingerprint density at radius 1 is 1.18 bits per heavy atom. The number of hydrogen-bond acceptors (Lipinski definition) is 9. The number of aromatic nitrogens is 4. The summed E-state index contributed by atoms with van der Waals surface area (Å²) in [7, 11) is -2.74. The molecule has 0 radical (unpaired) electrons. The van der Waals surface area contributed by atoms with Crippen molar-refractivity contribution in [3.63, 3.8) is 0 Å². The van der Waals surface area contributed by atoms with E-state index in [9.17, 15) is 18.3 Å². The molecule has 1 aromatic carbocycles. The number of fused-ring (bicyclic) bond motifs is 1. The lowest BCUT2D eigenvalue weighted by Gasteiger charge is -2.26. The average Bonchev–Trinajstić information content (AvgIpc) is 3.24. The van der Waals surface area contributed by atoms with Gasteiger partial charge in [0, 0.05) is 24.7 Å². The summed E-state index contributed by atoms with van der Waals surface area (Å²) < 4.78 is 34.9. The summed E-state index contributed by atoms with van der Waals surface area (Å²) in [6, 6.07) is 10.9. The third-order valence-corrected chi connectivity index (χ3v) is 6.49. The number of carbonyl (C=O) groups is 1. The van der Waals surface area contributed by atoms with Crippen LogP contribution >= 0.6 is 0 Å². The Hall–Kier alpha value is -4.07. The van der Waals surface area contributed by atoms with Gasteiger partial charge in [-0.25, -0.2) is 28.4 Å². The van der Waals surface area contributed by atoms with Crippen LogP contribution in [0.25, 0.3) is 5.65 Å². The molecule has 0 fully saturated rings. The number of hydrogen-bond donors (Lipinski definition) is 3. The van der Waals surface area contributed by atoms with Gasteiger partial charge in [0.2, 0.25) is 0 Å². The largest absolute Gasteiger partial charge is 0.497 e. The van der Waals surface area contributed by atoms with Gasteiger partial charge in [-0.1, -0.05) is 6.07 Å². The van der Waals surface area contributed by atoms with Crippen LogP contribution in [0.5, 0.6) is 5.75 Å². The molecule has 0 aliphatic heterocycles. The first-order chi connectivity index (χ1) is 16.3. The van der Waals surface area contributed by atoms with Gasteiger partial charge in [0.1, 0.15) is 11.3 Å². The maximum atomic E-state index is 13.8. The molecule has 0 atom stereocenters. The fourth-order valence-electron chi connectivity index (χ4n) is 3.23. The molecule has 13 heteroatoms. The molecule has 0 bridgehead atoms. The van der Waals surface area contributed by atoms with Gasteiger partial charge in [0.05, 0.1) is 24.2 Å². The molecular weight excluding hydrogens is 464 g/mol. The van der Waals surface area contributed by atoms with E-state index in [1.54, 1.807) is 31.3 Å². The maximum Gasteiger partial charge on any atom is 0.341 e. The smallest absolute Gasteiger partial charge is 0.341 e. The molecule has 3 aromatic heterocycles. The van der Waals surface area contributed by atoms with Gasteiger partial charge in [-0.2, -0.15) is 9.61 Å². The second-order valence-electron chi connectivity index (χ2n) is 6.90. The fourth-order valence-corrected chi connectivity index (χ4v) is 4.69. The topological polar surface area (TPSA) is 173 Å². The minimum atomic E-state index is -4.22. The summed E-state index contributed by atoms with van der Waals surface area (Å²) in [5.74, 6) is 2.53. The Bertz CT molecular complexity index is 1390. The number of pyridine rings is 1. The number of rotatable bonds is 7. The highest BCUT2D eigenvalue weighted by molar-refractivity contribution is 7.92. The first-order valence-corrected chi connectivity index (χ1v) is 11.2. The number of carboxylic acids is 1. The number of sulfonamides is 1. The van der Waals surface area contributed by atoms with Crippen LogP contribution in [0.4, 0.5) is 5.82 Å². The monoisotopic (exact) mass is 486 g/mol. The SMILES string of the molecule is COc1ccc(S(=O)(=O)N(Cc2cccnc2)c2c(C(=O)O)cnc3cc(C)nn23)cc1.NO. The highest BCUT2D eigenvalue weighted by atomic mass is 32.2. The fraction of sp³-hybridized carbons (Fsp3) is 0.143. The molecular formula is C21H22N6O6S. The van der Waals surface area contributed by atoms with Gasteiger partial charge >= 0.3 is 5.97 Å². The quantitative estimate of drug-likeness (QED) is 0.327. The van der Waals surface area contributed by atoms with Crippen molar-refractivity contribution in [2.24, 2.45) is 5.90 Å². The van der Waals surface area contributed by atoms with E-state index in [1.165, 1.54) is 42.1 Å². The number of ether oxygens (including phenoxy) is 1. The average molecular weight is 487 g/mol. The minimum Gasteiger partial charge on any atom is -0.497 e. The molecule has 4 aromatic rings. The number of methoxy groups -OCH3 is 1. The minimum absolute atomic E-state index is 0.0348. The highest BCUT2D eigenvalue weighted by Gasteiger charge is 2.32. The predicted octanol–water partition coefficient (Wildman–Crippen LogP) is 1.87. The first kappa shape index (κ1) is 24.6. The van der Waals surface area contributed by atoms with Crippen molar-refractivity contribution >= 4 is 27.5 Å². The van der Waals surface area contributed by atoms with Crippen molar-refractivity contribution in [2.75, 3.05) is 11.4 Å². The number of nitrogens with two attached hydrogens (primary N) is 1. The lowest BCUT2D eigenvalue weighted by molar-refractivity contribution is 0.0696. The van der Waals surface area contributed by atoms with Crippen LogP contribution in [-0.4, -0.2) is 51.4 Å². The standard InChI is InChI=1S/C21H19N5O5S.H3NO/c1-14-10-19-23-12-18(21(27)28)20(26(19)24-14)25(13-15-4-3-9-22-11-15)32(29,30)17-7-5-16(31-2)6-8-17;1-2/h3-12H,13H2,1-2H3,(H,27,28);2H,1H2. The highest BCUT2D eigenvalue weighted by Crippen LogP contribution is 2.30. The van der Waals surface area contributed by atoms with Crippen LogP contribution in [0, 0.1) is 6.92 Å². The van der Waals surface area contributed by atoms with Gasteiger partial charge in [0.15, 0.2) is 11.5 Å². The van der Waals surface area contributed by atoms with Gasteiger partial charge in [0.25, 0.3) is 10.0 Å². The van der Waals surface area contributed by atoms with E-state index in [4.69, 9.17) is 9.94 Å². The third kappa shape index (κ3) is 4.80. The molecule has 0 unspecified atom stereocenters. The number of aromatic carboxylic acids is 1. The summed E-state index contributed by atoms with van der Waals surface area (Å²) in [5, 5.41) is 20.6. The zero-order chi connectivity index (χ0) is 24.9. The van der Waals surface area contributed by atoms with Crippen LogP contribution in [0.3, 0.4) is 0 Å². The Kier molecular flexibility index (Phi) is 7.40. The van der Waals surface area contributed by atoms with E-state index < -0.39 is 16.0 Å². The molecule has 12 nitrogen and oxygen atoms in total. The summed E-state index contributed by atoms with van der Waals surface area (Å²) in [5.41, 5.74) is 1.14. The van der Waals surface area contributed by atoms with E-state index in [0.717, 1.165) is 10.5 Å². The Morgan fingerprint density at radius 3 is 2.47 bits per heavy atom. The molecule has 0 amide bonds. The van der Waals surface area contributed by atoms with Crippen LogP contribution < -0.4 is 14.9 Å². The predicted molar refractivity (Wildman–Crippen MR) is 121 cm³/mol. The summed E-state index contributed by atoms with van der Waals surface area (Å²) >= 11 is 0. The molecule has 34 heavy (non-hydrogen) atoms. The van der Waals surface area contributed by atoms with E-state index in [2.05, 4.69) is 21.0 Å². The van der Waals surface area contributed by atoms with Crippen LogP contribution in [-0.2, 0) is 16.6 Å². The van der Waals surface area contributed by atoms with Crippen molar-refractivity contribution in [3.05, 3.63) is 77.9 Å². The van der Waals surface area contributed by atoms with Gasteiger partial charge in [-0.15, -0.1) is 0 Å². The van der Waals surface area contributed by atoms with Crippen molar-refractivity contribution in [1.82, 2.24) is 19.6 Å². The molecule has 178 valence electrons. The normalized spacial score (nSPS) is 10.9. The molecule has 0 saturated heterocycles. The maximum absolute atomic E-state index is 13.8. The van der Waals surface area contributed by atoms with Crippen molar-refractivity contribution < 1.29 is 28.3 Å². The third-order valence-electron chi connectivity index (χ3n) is 4.74.